The third kappa shape index (κ3) is 6.34. The molecule has 0 aliphatic carbocycles. The minimum atomic E-state index is -4.93. The molecule has 0 unspecified atom stereocenters. The van der Waals surface area contributed by atoms with E-state index in [0.717, 1.165) is 11.5 Å². The molecule has 0 aromatic heterocycles. The van der Waals surface area contributed by atoms with Crippen molar-refractivity contribution < 1.29 is 40.7 Å². The Hall–Kier alpha value is -3.62. The maximum Gasteiger partial charge on any atom is 0.419 e. The monoisotopic (exact) mass is 596 g/mol. The number of anilines is 1. The molecule has 2 aromatic carbocycles. The number of carbonyl (C=O) groups is 2. The minimum absolute atomic E-state index is 0.00217. The van der Waals surface area contributed by atoms with E-state index in [2.05, 4.69) is 10.3 Å². The highest BCUT2D eigenvalue weighted by Crippen LogP contribution is 2.35. The fourth-order valence-corrected chi connectivity index (χ4v) is 6.00. The Kier molecular flexibility index (Phi) is 8.39. The van der Waals surface area contributed by atoms with Crippen molar-refractivity contribution in [1.29, 1.82) is 0 Å². The zero-order valence-corrected chi connectivity index (χ0v) is 23.0. The standard InChI is InChI=1S/C27H28F4N4O5S/c1-17-15-21(35(12-13-36)18(2)37)5-3-19(17)7-14-41(39,40)34-10-8-26(9-11-34)25(38)32-24(33-26)20-4-6-23(28)22(16-20)27(29,30)31/h3-7,14-16,36H,8-13H2,1-2H3,(H,32,33,38). The average Bonchev–Trinajstić information content (AvgIpc) is 3.21. The first-order valence-electron chi connectivity index (χ1n) is 12.6. The summed E-state index contributed by atoms with van der Waals surface area (Å²) in [5.74, 6) is -2.38. The molecule has 0 radical (unpaired) electrons. The Balaban J connectivity index is 1.47. The van der Waals surface area contributed by atoms with Gasteiger partial charge in [0.15, 0.2) is 0 Å². The van der Waals surface area contributed by atoms with Gasteiger partial charge in [0, 0.05) is 43.2 Å². The molecule has 14 heteroatoms. The third-order valence-corrected chi connectivity index (χ3v) is 8.69. The number of sulfonamides is 1. The van der Waals surface area contributed by atoms with Crippen LogP contribution in [-0.4, -0.2) is 67.3 Å². The normalized spacial score (nSPS) is 17.6. The SMILES string of the molecule is CC(=O)N(CCO)c1ccc(C=CS(=O)(=O)N2CCC3(CC2)N=C(c2ccc(F)c(C(F)(F)F)c2)NC3=O)c(C)c1. The number of amides is 2. The summed E-state index contributed by atoms with van der Waals surface area (Å²) in [5, 5.41) is 12.7. The highest BCUT2D eigenvalue weighted by atomic mass is 32.2. The smallest absolute Gasteiger partial charge is 0.395 e. The third-order valence-electron chi connectivity index (χ3n) is 7.12. The summed E-state index contributed by atoms with van der Waals surface area (Å²) >= 11 is 0. The van der Waals surface area contributed by atoms with Gasteiger partial charge in [0.05, 0.1) is 12.2 Å². The molecule has 9 nitrogen and oxygen atoms in total. The molecule has 1 spiro atoms. The molecule has 1 saturated heterocycles. The van der Waals surface area contributed by atoms with Crippen LogP contribution in [0.3, 0.4) is 0 Å². The molecule has 220 valence electrons. The number of benzene rings is 2. The number of rotatable bonds is 7. The number of nitrogens with zero attached hydrogens (tertiary/aromatic N) is 3. The van der Waals surface area contributed by atoms with Crippen LogP contribution in [-0.2, 0) is 25.8 Å². The first-order valence-corrected chi connectivity index (χ1v) is 14.1. The zero-order chi connectivity index (χ0) is 30.2. The number of piperidine rings is 1. The molecule has 1 fully saturated rings. The van der Waals surface area contributed by atoms with E-state index < -0.39 is 39.0 Å². The predicted molar refractivity (Wildman–Crippen MR) is 144 cm³/mol. The summed E-state index contributed by atoms with van der Waals surface area (Å²) in [7, 11) is -3.89. The average molecular weight is 597 g/mol. The molecule has 2 amide bonds. The van der Waals surface area contributed by atoms with Crippen LogP contribution in [0.15, 0.2) is 46.8 Å². The van der Waals surface area contributed by atoms with Gasteiger partial charge in [0.1, 0.15) is 17.2 Å². The molecule has 41 heavy (non-hydrogen) atoms. The molecule has 2 aliphatic rings. The van der Waals surface area contributed by atoms with E-state index in [9.17, 15) is 40.7 Å². The first-order chi connectivity index (χ1) is 19.2. The zero-order valence-electron chi connectivity index (χ0n) is 22.2. The van der Waals surface area contributed by atoms with Crippen molar-refractivity contribution in [2.75, 3.05) is 31.1 Å². The lowest BCUT2D eigenvalue weighted by Crippen LogP contribution is -2.50. The van der Waals surface area contributed by atoms with Crippen LogP contribution in [0.5, 0.6) is 0 Å². The molecular weight excluding hydrogens is 568 g/mol. The van der Waals surface area contributed by atoms with E-state index in [4.69, 9.17) is 0 Å². The number of aryl methyl sites for hydroxylation is 1. The van der Waals surface area contributed by atoms with Gasteiger partial charge in [-0.15, -0.1) is 0 Å². The van der Waals surface area contributed by atoms with Crippen LogP contribution in [0.4, 0.5) is 23.2 Å². The number of hydrogen-bond donors (Lipinski definition) is 2. The van der Waals surface area contributed by atoms with Crippen molar-refractivity contribution >= 4 is 39.4 Å². The van der Waals surface area contributed by atoms with Gasteiger partial charge in [-0.3, -0.25) is 14.6 Å². The van der Waals surface area contributed by atoms with Crippen LogP contribution in [0, 0.1) is 12.7 Å². The Labute approximate surface area is 234 Å². The second-order valence-corrected chi connectivity index (χ2v) is 11.6. The number of hydrogen-bond acceptors (Lipinski definition) is 6. The van der Waals surface area contributed by atoms with E-state index in [1.807, 2.05) is 0 Å². The van der Waals surface area contributed by atoms with Gasteiger partial charge in [-0.05, 0) is 67.3 Å². The summed E-state index contributed by atoms with van der Waals surface area (Å²) in [6.45, 7) is 2.93. The van der Waals surface area contributed by atoms with E-state index in [-0.39, 0.29) is 56.4 Å². The van der Waals surface area contributed by atoms with E-state index >= 15 is 0 Å². The van der Waals surface area contributed by atoms with Crippen molar-refractivity contribution in [3.63, 3.8) is 0 Å². The Morgan fingerprint density at radius 1 is 1.20 bits per heavy atom. The lowest BCUT2D eigenvalue weighted by atomic mass is 9.89. The van der Waals surface area contributed by atoms with Crippen molar-refractivity contribution in [2.24, 2.45) is 4.99 Å². The largest absolute Gasteiger partial charge is 0.419 e. The van der Waals surface area contributed by atoms with Gasteiger partial charge in [-0.2, -0.15) is 17.5 Å². The van der Waals surface area contributed by atoms with Crippen LogP contribution in [0.1, 0.15) is 42.0 Å². The van der Waals surface area contributed by atoms with Gasteiger partial charge in [-0.25, -0.2) is 12.8 Å². The lowest BCUT2D eigenvalue weighted by Gasteiger charge is -2.34. The number of aliphatic imine (C=N–C) groups is 1. The van der Waals surface area contributed by atoms with Gasteiger partial charge in [0.25, 0.3) is 5.91 Å². The number of carbonyl (C=O) groups excluding carboxylic acids is 2. The summed E-state index contributed by atoms with van der Waals surface area (Å²) in [6, 6.07) is 7.34. The number of nitrogens with one attached hydrogen (secondary N) is 1. The maximum atomic E-state index is 13.7. The van der Waals surface area contributed by atoms with Crippen LogP contribution >= 0.6 is 0 Å². The van der Waals surface area contributed by atoms with Gasteiger partial charge in [0.2, 0.25) is 15.9 Å². The molecule has 2 N–H and O–H groups in total. The number of halogens is 4. The highest BCUT2D eigenvalue weighted by Gasteiger charge is 2.47. The Bertz CT molecular complexity index is 1530. The summed E-state index contributed by atoms with van der Waals surface area (Å²) in [5.41, 5.74) is -1.06. The Morgan fingerprint density at radius 2 is 1.88 bits per heavy atom. The molecule has 2 heterocycles. The number of amidine groups is 1. The molecule has 4 rings (SSSR count). The van der Waals surface area contributed by atoms with Crippen LogP contribution in [0.25, 0.3) is 6.08 Å². The van der Waals surface area contributed by atoms with Crippen LogP contribution in [0.2, 0.25) is 0 Å². The van der Waals surface area contributed by atoms with Crippen molar-refractivity contribution in [1.82, 2.24) is 9.62 Å². The maximum absolute atomic E-state index is 13.7. The molecule has 2 aliphatic heterocycles. The summed E-state index contributed by atoms with van der Waals surface area (Å²) < 4.78 is 80.4. The number of alkyl halides is 3. The fraction of sp³-hybridized carbons (Fsp3) is 0.370. The second kappa shape index (κ2) is 11.3. The molecule has 0 atom stereocenters. The molecule has 0 saturated carbocycles. The minimum Gasteiger partial charge on any atom is -0.395 e. The fourth-order valence-electron chi connectivity index (χ4n) is 4.82. The lowest BCUT2D eigenvalue weighted by molar-refractivity contribution is -0.140. The first kappa shape index (κ1) is 30.3. The van der Waals surface area contributed by atoms with Gasteiger partial charge in [-0.1, -0.05) is 6.07 Å². The topological polar surface area (TPSA) is 119 Å². The van der Waals surface area contributed by atoms with Crippen molar-refractivity contribution in [2.45, 2.75) is 38.4 Å². The number of aliphatic hydroxyl groups is 1. The quantitative estimate of drug-likeness (QED) is 0.476. The molecule has 0 bridgehead atoms. The van der Waals surface area contributed by atoms with Crippen molar-refractivity contribution in [3.05, 3.63) is 69.9 Å². The number of aliphatic hydroxyl groups excluding tert-OH is 1. The Morgan fingerprint density at radius 3 is 2.46 bits per heavy atom. The highest BCUT2D eigenvalue weighted by molar-refractivity contribution is 7.92. The second-order valence-electron chi connectivity index (χ2n) is 9.82. The molecule has 2 aromatic rings. The van der Waals surface area contributed by atoms with E-state index in [1.54, 1.807) is 25.1 Å². The van der Waals surface area contributed by atoms with Gasteiger partial charge < -0.3 is 15.3 Å². The van der Waals surface area contributed by atoms with Crippen molar-refractivity contribution in [3.8, 4) is 0 Å². The summed E-state index contributed by atoms with van der Waals surface area (Å²) in [4.78, 5) is 30.4. The van der Waals surface area contributed by atoms with Gasteiger partial charge >= 0.3 is 6.18 Å². The van der Waals surface area contributed by atoms with Crippen LogP contribution < -0.4 is 10.2 Å². The van der Waals surface area contributed by atoms with E-state index in [1.165, 1.54) is 22.2 Å². The summed E-state index contributed by atoms with van der Waals surface area (Å²) in [6.07, 6.45) is -3.50. The van der Waals surface area contributed by atoms with E-state index in [0.29, 0.717) is 28.9 Å². The molecular formula is C27H28F4N4O5S. The predicted octanol–water partition coefficient (Wildman–Crippen LogP) is 3.21.